The highest BCUT2D eigenvalue weighted by atomic mass is 35.5. The van der Waals surface area contributed by atoms with Crippen LogP contribution in [0, 0.1) is 5.92 Å². The van der Waals surface area contributed by atoms with Crippen LogP contribution in [0.15, 0.2) is 28.2 Å². The fraction of sp³-hybridized carbons (Fsp3) is 0.500. The SMILES string of the molecule is CC(C)Cn1c(S[C@@H]2CS(=O)(=O)C[C@@H]2O)nc2ccc(Cl)cc2c1=O. The van der Waals surface area contributed by atoms with Gasteiger partial charge in [0.1, 0.15) is 0 Å². The summed E-state index contributed by atoms with van der Waals surface area (Å²) in [6, 6.07) is 4.92. The van der Waals surface area contributed by atoms with Crippen molar-refractivity contribution >= 4 is 44.1 Å². The molecular formula is C16H19ClN2O4S2. The Bertz CT molecular complexity index is 972. The molecule has 3 rings (SSSR count). The molecule has 136 valence electrons. The molecule has 0 amide bonds. The number of hydrogen-bond donors (Lipinski definition) is 1. The molecule has 2 heterocycles. The molecule has 0 saturated carbocycles. The Balaban J connectivity index is 2.09. The van der Waals surface area contributed by atoms with Crippen molar-refractivity contribution in [2.24, 2.45) is 5.92 Å². The zero-order chi connectivity index (χ0) is 18.4. The molecule has 25 heavy (non-hydrogen) atoms. The lowest BCUT2D eigenvalue weighted by molar-refractivity contribution is 0.207. The molecule has 1 N–H and O–H groups in total. The van der Waals surface area contributed by atoms with E-state index >= 15 is 0 Å². The number of halogens is 1. The van der Waals surface area contributed by atoms with Gasteiger partial charge < -0.3 is 5.11 Å². The molecule has 2 atom stereocenters. The Hall–Kier alpha value is -1.09. The van der Waals surface area contributed by atoms with Crippen LogP contribution in [0.2, 0.25) is 5.02 Å². The summed E-state index contributed by atoms with van der Waals surface area (Å²) in [4.78, 5) is 17.4. The lowest BCUT2D eigenvalue weighted by Gasteiger charge is -2.18. The van der Waals surface area contributed by atoms with Crippen molar-refractivity contribution < 1.29 is 13.5 Å². The molecule has 6 nitrogen and oxygen atoms in total. The van der Waals surface area contributed by atoms with Crippen molar-refractivity contribution in [2.45, 2.75) is 36.9 Å². The number of aromatic nitrogens is 2. The summed E-state index contributed by atoms with van der Waals surface area (Å²) >= 11 is 7.15. The fourth-order valence-corrected chi connectivity index (χ4v) is 6.59. The first-order valence-corrected chi connectivity index (χ1v) is 11.0. The van der Waals surface area contributed by atoms with E-state index < -0.39 is 21.2 Å². The van der Waals surface area contributed by atoms with Crippen molar-refractivity contribution in [2.75, 3.05) is 11.5 Å². The van der Waals surface area contributed by atoms with E-state index in [9.17, 15) is 18.3 Å². The molecule has 1 aliphatic heterocycles. The predicted octanol–water partition coefficient (Wildman–Crippen LogP) is 1.96. The van der Waals surface area contributed by atoms with Crippen LogP contribution in [0.25, 0.3) is 10.9 Å². The van der Waals surface area contributed by atoms with Gasteiger partial charge in [0.2, 0.25) is 0 Å². The molecule has 0 bridgehead atoms. The number of fused-ring (bicyclic) bond motifs is 1. The summed E-state index contributed by atoms with van der Waals surface area (Å²) in [7, 11) is -3.26. The van der Waals surface area contributed by atoms with E-state index in [2.05, 4.69) is 4.98 Å². The smallest absolute Gasteiger partial charge is 0.262 e. The number of rotatable bonds is 4. The largest absolute Gasteiger partial charge is 0.391 e. The number of nitrogens with zero attached hydrogens (tertiary/aromatic N) is 2. The summed E-state index contributed by atoms with van der Waals surface area (Å²) in [5.41, 5.74) is 0.297. The number of aliphatic hydroxyl groups excluding tert-OH is 1. The van der Waals surface area contributed by atoms with E-state index in [1.54, 1.807) is 22.8 Å². The van der Waals surface area contributed by atoms with Gasteiger partial charge in [0.25, 0.3) is 5.56 Å². The number of aliphatic hydroxyl groups is 1. The second-order valence-electron chi connectivity index (χ2n) is 6.67. The van der Waals surface area contributed by atoms with E-state index in [0.29, 0.717) is 27.6 Å². The molecule has 1 aromatic carbocycles. The van der Waals surface area contributed by atoms with Gasteiger partial charge in [0.05, 0.1) is 33.8 Å². The minimum Gasteiger partial charge on any atom is -0.391 e. The van der Waals surface area contributed by atoms with Crippen LogP contribution in [-0.2, 0) is 16.4 Å². The minimum absolute atomic E-state index is 0.116. The molecular weight excluding hydrogens is 384 g/mol. The van der Waals surface area contributed by atoms with Crippen LogP contribution in [0.3, 0.4) is 0 Å². The van der Waals surface area contributed by atoms with E-state index in [4.69, 9.17) is 11.6 Å². The van der Waals surface area contributed by atoms with Gasteiger partial charge in [-0.15, -0.1) is 0 Å². The number of benzene rings is 1. The third kappa shape index (κ3) is 4.02. The maximum atomic E-state index is 12.9. The maximum Gasteiger partial charge on any atom is 0.262 e. The van der Waals surface area contributed by atoms with E-state index in [-0.39, 0.29) is 23.0 Å². The van der Waals surface area contributed by atoms with Gasteiger partial charge in [-0.05, 0) is 24.1 Å². The number of hydrogen-bond acceptors (Lipinski definition) is 6. The topological polar surface area (TPSA) is 89.3 Å². The molecule has 0 radical (unpaired) electrons. The molecule has 1 fully saturated rings. The average Bonchev–Trinajstić information content (AvgIpc) is 2.76. The standard InChI is InChI=1S/C16H19ClN2O4S2/c1-9(2)6-19-15(21)11-5-10(17)3-4-12(11)18-16(19)24-14-8-25(22,23)7-13(14)20/h3-5,9,13-14,20H,6-8H2,1-2H3/t13-,14+/m0/s1. The van der Waals surface area contributed by atoms with Gasteiger partial charge in [0.15, 0.2) is 15.0 Å². The molecule has 1 aromatic heterocycles. The quantitative estimate of drug-likeness (QED) is 0.786. The summed E-state index contributed by atoms with van der Waals surface area (Å²) < 4.78 is 25.0. The van der Waals surface area contributed by atoms with Crippen molar-refractivity contribution in [3.63, 3.8) is 0 Å². The van der Waals surface area contributed by atoms with E-state index in [1.165, 1.54) is 0 Å². The minimum atomic E-state index is -3.26. The third-order valence-corrected chi connectivity index (χ3v) is 7.43. The Kier molecular flexibility index (Phi) is 5.16. The molecule has 2 aromatic rings. The van der Waals surface area contributed by atoms with Crippen LogP contribution >= 0.6 is 23.4 Å². The van der Waals surface area contributed by atoms with Crippen LogP contribution in [0.5, 0.6) is 0 Å². The van der Waals surface area contributed by atoms with Crippen LogP contribution in [-0.4, -0.2) is 45.9 Å². The zero-order valence-corrected chi connectivity index (χ0v) is 16.2. The summed E-state index contributed by atoms with van der Waals surface area (Å²) in [5, 5.41) is 10.8. The normalized spacial score (nSPS) is 22.8. The second kappa shape index (κ2) is 6.90. The Morgan fingerprint density at radius 1 is 1.40 bits per heavy atom. The molecule has 0 unspecified atom stereocenters. The molecule has 1 aliphatic rings. The molecule has 9 heteroatoms. The van der Waals surface area contributed by atoms with E-state index in [1.807, 2.05) is 13.8 Å². The number of sulfone groups is 1. The highest BCUT2D eigenvalue weighted by Crippen LogP contribution is 2.31. The fourth-order valence-electron chi connectivity index (χ4n) is 2.83. The van der Waals surface area contributed by atoms with Gasteiger partial charge in [-0.1, -0.05) is 37.2 Å². The first kappa shape index (κ1) is 18.7. The van der Waals surface area contributed by atoms with Gasteiger partial charge in [0, 0.05) is 11.6 Å². The van der Waals surface area contributed by atoms with Gasteiger partial charge in [-0.25, -0.2) is 13.4 Å². The lowest BCUT2D eigenvalue weighted by Crippen LogP contribution is -2.28. The van der Waals surface area contributed by atoms with Crippen molar-refractivity contribution in [3.8, 4) is 0 Å². The monoisotopic (exact) mass is 402 g/mol. The van der Waals surface area contributed by atoms with Gasteiger partial charge in [-0.2, -0.15) is 0 Å². The average molecular weight is 403 g/mol. The predicted molar refractivity (Wildman–Crippen MR) is 100 cm³/mol. The van der Waals surface area contributed by atoms with Crippen LogP contribution in [0.4, 0.5) is 0 Å². The second-order valence-corrected chi connectivity index (χ2v) is 10.5. The van der Waals surface area contributed by atoms with Crippen molar-refractivity contribution in [3.05, 3.63) is 33.6 Å². The highest BCUT2D eigenvalue weighted by Gasteiger charge is 2.38. The first-order valence-electron chi connectivity index (χ1n) is 7.91. The van der Waals surface area contributed by atoms with Crippen LogP contribution < -0.4 is 5.56 Å². The van der Waals surface area contributed by atoms with Gasteiger partial charge in [-0.3, -0.25) is 9.36 Å². The van der Waals surface area contributed by atoms with E-state index in [0.717, 1.165) is 11.8 Å². The summed E-state index contributed by atoms with van der Waals surface area (Å²) in [5.74, 6) is -0.162. The summed E-state index contributed by atoms with van der Waals surface area (Å²) in [6.07, 6.45) is -0.958. The number of thioether (sulfide) groups is 1. The molecule has 1 saturated heterocycles. The van der Waals surface area contributed by atoms with Crippen LogP contribution in [0.1, 0.15) is 13.8 Å². The Morgan fingerprint density at radius 2 is 2.12 bits per heavy atom. The summed E-state index contributed by atoms with van der Waals surface area (Å²) in [6.45, 7) is 4.42. The highest BCUT2D eigenvalue weighted by molar-refractivity contribution is 8.01. The lowest BCUT2D eigenvalue weighted by atomic mass is 10.2. The molecule has 0 spiro atoms. The first-order chi connectivity index (χ1) is 11.7. The third-order valence-electron chi connectivity index (χ3n) is 3.96. The maximum absolute atomic E-state index is 12.9. The van der Waals surface area contributed by atoms with Gasteiger partial charge >= 0.3 is 0 Å². The zero-order valence-electron chi connectivity index (χ0n) is 13.8. The molecule has 0 aliphatic carbocycles. The Morgan fingerprint density at radius 3 is 2.72 bits per heavy atom. The van der Waals surface area contributed by atoms with Crippen molar-refractivity contribution in [1.82, 2.24) is 9.55 Å². The van der Waals surface area contributed by atoms with Crippen molar-refractivity contribution in [1.29, 1.82) is 0 Å². The Labute approximate surface area is 155 Å².